The van der Waals surface area contributed by atoms with Crippen molar-refractivity contribution in [1.29, 1.82) is 0 Å². The summed E-state index contributed by atoms with van der Waals surface area (Å²) in [5.41, 5.74) is 5.56. The largest absolute Gasteiger partial charge is 0.272 e. The molecule has 28 heavy (non-hydrogen) atoms. The van der Waals surface area contributed by atoms with Crippen LogP contribution < -0.4 is 5.43 Å². The lowest BCUT2D eigenvalue weighted by Crippen LogP contribution is -2.18. The maximum atomic E-state index is 13.7. The average Bonchev–Trinajstić information content (AvgIpc) is 2.75. The zero-order chi connectivity index (χ0) is 19.3. The lowest BCUT2D eigenvalue weighted by molar-refractivity contribution is 0.0956. The lowest BCUT2D eigenvalue weighted by Gasteiger charge is -2.09. The molecule has 1 heterocycles. The Morgan fingerprint density at radius 3 is 2.46 bits per heavy atom. The summed E-state index contributed by atoms with van der Waals surface area (Å²) >= 11 is 0. The van der Waals surface area contributed by atoms with Crippen molar-refractivity contribution in [3.63, 3.8) is 0 Å². The number of carbonyl (C=O) groups excluding carboxylic acids is 1. The number of pyridine rings is 1. The molecule has 0 aliphatic carbocycles. The fourth-order valence-corrected chi connectivity index (χ4v) is 2.92. The van der Waals surface area contributed by atoms with Gasteiger partial charge >= 0.3 is 0 Å². The molecule has 0 saturated carbocycles. The highest BCUT2D eigenvalue weighted by molar-refractivity contribution is 6.07. The Morgan fingerprint density at radius 1 is 0.929 bits per heavy atom. The van der Waals surface area contributed by atoms with Gasteiger partial charge in [0.2, 0.25) is 0 Å². The van der Waals surface area contributed by atoms with Crippen molar-refractivity contribution in [2.75, 3.05) is 0 Å². The zero-order valence-corrected chi connectivity index (χ0v) is 14.8. The number of carbonyl (C=O) groups is 1. The van der Waals surface area contributed by atoms with Gasteiger partial charge in [0.1, 0.15) is 5.82 Å². The highest BCUT2D eigenvalue weighted by atomic mass is 19.1. The lowest BCUT2D eigenvalue weighted by atomic mass is 10.0. The first-order valence-corrected chi connectivity index (χ1v) is 8.75. The molecular formula is C23H16FN3O. The Labute approximate surface area is 161 Å². The molecule has 4 rings (SSSR count). The van der Waals surface area contributed by atoms with E-state index in [-0.39, 0.29) is 5.91 Å². The SMILES string of the molecule is O=C(N/N=C\c1ccccc1F)c1cc(-c2ccccc2)nc2ccccc12. The molecule has 0 atom stereocenters. The normalized spacial score (nSPS) is 11.0. The van der Waals surface area contributed by atoms with Gasteiger partial charge in [-0.25, -0.2) is 14.8 Å². The molecule has 0 saturated heterocycles. The Kier molecular flexibility index (Phi) is 4.89. The molecule has 0 bridgehead atoms. The van der Waals surface area contributed by atoms with Gasteiger partial charge in [0.05, 0.1) is 23.0 Å². The second kappa shape index (κ2) is 7.80. The van der Waals surface area contributed by atoms with Crippen LogP contribution in [0.3, 0.4) is 0 Å². The van der Waals surface area contributed by atoms with E-state index >= 15 is 0 Å². The van der Waals surface area contributed by atoms with Gasteiger partial charge in [-0.05, 0) is 18.2 Å². The molecule has 1 N–H and O–H groups in total. The maximum absolute atomic E-state index is 13.7. The van der Waals surface area contributed by atoms with Crippen molar-refractivity contribution in [3.8, 4) is 11.3 Å². The first kappa shape index (κ1) is 17.5. The monoisotopic (exact) mass is 369 g/mol. The third kappa shape index (κ3) is 3.64. The van der Waals surface area contributed by atoms with E-state index in [1.807, 2.05) is 54.6 Å². The molecule has 4 aromatic rings. The molecule has 0 fully saturated rings. The number of hydrogen-bond acceptors (Lipinski definition) is 3. The predicted octanol–water partition coefficient (Wildman–Crippen LogP) is 4.80. The van der Waals surface area contributed by atoms with Crippen molar-refractivity contribution < 1.29 is 9.18 Å². The van der Waals surface area contributed by atoms with Crippen LogP contribution in [-0.4, -0.2) is 17.1 Å². The second-order valence-corrected chi connectivity index (χ2v) is 6.16. The molecule has 0 aliphatic heterocycles. The van der Waals surface area contributed by atoms with Crippen molar-refractivity contribution in [1.82, 2.24) is 10.4 Å². The first-order valence-electron chi connectivity index (χ1n) is 8.75. The summed E-state index contributed by atoms with van der Waals surface area (Å²) < 4.78 is 13.7. The van der Waals surface area contributed by atoms with Crippen LogP contribution >= 0.6 is 0 Å². The smallest absolute Gasteiger partial charge is 0.267 e. The van der Waals surface area contributed by atoms with Gasteiger partial charge in [0.15, 0.2) is 0 Å². The molecule has 0 aliphatic rings. The Balaban J connectivity index is 1.69. The van der Waals surface area contributed by atoms with Crippen LogP contribution in [0.15, 0.2) is 90.0 Å². The van der Waals surface area contributed by atoms with E-state index in [4.69, 9.17) is 0 Å². The van der Waals surface area contributed by atoms with Crippen molar-refractivity contribution >= 4 is 23.0 Å². The van der Waals surface area contributed by atoms with Crippen LogP contribution in [0.5, 0.6) is 0 Å². The van der Waals surface area contributed by atoms with E-state index < -0.39 is 5.82 Å². The van der Waals surface area contributed by atoms with Gasteiger partial charge in [-0.2, -0.15) is 5.10 Å². The maximum Gasteiger partial charge on any atom is 0.272 e. The molecular weight excluding hydrogens is 353 g/mol. The highest BCUT2D eigenvalue weighted by Gasteiger charge is 2.13. The summed E-state index contributed by atoms with van der Waals surface area (Å²) in [7, 11) is 0. The third-order valence-corrected chi connectivity index (χ3v) is 4.31. The zero-order valence-electron chi connectivity index (χ0n) is 14.8. The third-order valence-electron chi connectivity index (χ3n) is 4.31. The predicted molar refractivity (Wildman–Crippen MR) is 109 cm³/mol. The number of amides is 1. The molecule has 5 heteroatoms. The van der Waals surface area contributed by atoms with Gasteiger partial charge in [0.25, 0.3) is 5.91 Å². The molecule has 0 radical (unpaired) electrons. The minimum atomic E-state index is -0.402. The number of aromatic nitrogens is 1. The Bertz CT molecular complexity index is 1170. The van der Waals surface area contributed by atoms with Crippen molar-refractivity contribution in [2.24, 2.45) is 5.10 Å². The molecule has 0 spiro atoms. The van der Waals surface area contributed by atoms with Crippen LogP contribution in [0.2, 0.25) is 0 Å². The molecule has 1 amide bonds. The summed E-state index contributed by atoms with van der Waals surface area (Å²) in [4.78, 5) is 17.4. The van der Waals surface area contributed by atoms with E-state index in [0.717, 1.165) is 10.9 Å². The number of benzene rings is 3. The first-order chi connectivity index (χ1) is 13.7. The van der Waals surface area contributed by atoms with Crippen LogP contribution in [-0.2, 0) is 0 Å². The number of halogens is 1. The summed E-state index contributed by atoms with van der Waals surface area (Å²) in [5, 5.41) is 4.63. The van der Waals surface area contributed by atoms with Crippen molar-refractivity contribution in [2.45, 2.75) is 0 Å². The molecule has 4 nitrogen and oxygen atoms in total. The Hall–Kier alpha value is -3.86. The number of fused-ring (bicyclic) bond motifs is 1. The van der Waals surface area contributed by atoms with Gasteiger partial charge in [-0.15, -0.1) is 0 Å². The van der Waals surface area contributed by atoms with Crippen LogP contribution in [0.25, 0.3) is 22.2 Å². The number of para-hydroxylation sites is 1. The fourth-order valence-electron chi connectivity index (χ4n) is 2.92. The van der Waals surface area contributed by atoms with Crippen LogP contribution in [0.1, 0.15) is 15.9 Å². The summed E-state index contributed by atoms with van der Waals surface area (Å²) in [5.74, 6) is -0.787. The van der Waals surface area contributed by atoms with Crippen LogP contribution in [0, 0.1) is 5.82 Å². The molecule has 1 aromatic heterocycles. The quantitative estimate of drug-likeness (QED) is 0.415. The number of hydrogen-bond donors (Lipinski definition) is 1. The minimum absolute atomic E-state index is 0.298. The molecule has 136 valence electrons. The number of rotatable bonds is 4. The highest BCUT2D eigenvalue weighted by Crippen LogP contribution is 2.24. The summed E-state index contributed by atoms with van der Waals surface area (Å²) in [6, 6.07) is 25.0. The minimum Gasteiger partial charge on any atom is -0.267 e. The summed E-state index contributed by atoms with van der Waals surface area (Å²) in [6.07, 6.45) is 1.29. The van der Waals surface area contributed by atoms with Gasteiger partial charge in [-0.1, -0.05) is 66.7 Å². The molecule has 0 unspecified atom stereocenters. The summed E-state index contributed by atoms with van der Waals surface area (Å²) in [6.45, 7) is 0. The number of nitrogens with one attached hydrogen (secondary N) is 1. The van der Waals surface area contributed by atoms with Gasteiger partial charge in [0, 0.05) is 16.5 Å². The average molecular weight is 369 g/mol. The van der Waals surface area contributed by atoms with E-state index in [2.05, 4.69) is 15.5 Å². The standard InChI is InChI=1S/C23H16FN3O/c24-20-12-6-4-10-17(20)15-25-27-23(28)19-14-22(16-8-2-1-3-9-16)26-21-13-7-5-11-18(19)21/h1-15H,(H,27,28)/b25-15-. The second-order valence-electron chi connectivity index (χ2n) is 6.16. The fraction of sp³-hybridized carbons (Fsp3) is 0. The van der Waals surface area contributed by atoms with E-state index in [1.165, 1.54) is 12.3 Å². The topological polar surface area (TPSA) is 54.4 Å². The van der Waals surface area contributed by atoms with Gasteiger partial charge in [-0.3, -0.25) is 4.79 Å². The number of hydrazone groups is 1. The molecule has 3 aromatic carbocycles. The number of nitrogens with zero attached hydrogens (tertiary/aromatic N) is 2. The van der Waals surface area contributed by atoms with Crippen molar-refractivity contribution in [3.05, 3.63) is 102 Å². The van der Waals surface area contributed by atoms with E-state index in [9.17, 15) is 9.18 Å². The van der Waals surface area contributed by atoms with Crippen LogP contribution in [0.4, 0.5) is 4.39 Å². The Morgan fingerprint density at radius 2 is 1.64 bits per heavy atom. The van der Waals surface area contributed by atoms with E-state index in [1.54, 1.807) is 24.3 Å². The van der Waals surface area contributed by atoms with Gasteiger partial charge < -0.3 is 0 Å². The van der Waals surface area contributed by atoms with E-state index in [0.29, 0.717) is 22.3 Å².